The molecule has 1 aromatic rings. The molecule has 2 aliphatic heterocycles. The van der Waals surface area contributed by atoms with E-state index < -0.39 is 11.7 Å². The van der Waals surface area contributed by atoms with E-state index in [1.807, 2.05) is 32.6 Å². The van der Waals surface area contributed by atoms with Gasteiger partial charge in [0.25, 0.3) is 11.8 Å². The Labute approximate surface area is 425 Å². The van der Waals surface area contributed by atoms with Crippen molar-refractivity contribution in [3.8, 4) is 0 Å². The summed E-state index contributed by atoms with van der Waals surface area (Å²) in [6, 6.07) is 5.28. The van der Waals surface area contributed by atoms with Crippen molar-refractivity contribution in [3.63, 3.8) is 0 Å². The molecule has 2 heterocycles. The van der Waals surface area contributed by atoms with Crippen molar-refractivity contribution in [1.29, 1.82) is 0 Å². The molecule has 0 atom stereocenters. The summed E-state index contributed by atoms with van der Waals surface area (Å²) in [4.78, 5) is 62.6. The predicted molar refractivity (Wildman–Crippen MR) is 266 cm³/mol. The zero-order chi connectivity index (χ0) is 51.9. The fourth-order valence-corrected chi connectivity index (χ4v) is 6.71. The van der Waals surface area contributed by atoms with Gasteiger partial charge in [0.2, 0.25) is 0 Å². The standard InChI is InChI=1S/C50H83N5O17/c1-5-13-55(48(58)43-38-41-9-10-42(39-44(41)53-45(51)40-43)47(57)54-14-7-6-8-15-54)71-17-12-52-49(59)70-37-36-69-35-34-68-33-32-67-31-30-66-29-28-65-27-26-64-25-24-63-23-22-62-21-20-61-19-18-60-16-11-46(56)72-50(2,3)4/h9-10,38-39H,5-8,11-37,40H2,1-4H3,(H2,51,53)(H,52,59). The number of benzene rings is 1. The van der Waals surface area contributed by atoms with Gasteiger partial charge in [0.05, 0.1) is 151 Å². The van der Waals surface area contributed by atoms with Crippen LogP contribution in [0.15, 0.2) is 28.8 Å². The summed E-state index contributed by atoms with van der Waals surface area (Å²) in [6.07, 6.45) is 5.20. The molecule has 0 aromatic heterocycles. The van der Waals surface area contributed by atoms with Crippen LogP contribution in [0.3, 0.4) is 0 Å². The van der Waals surface area contributed by atoms with Crippen molar-refractivity contribution in [2.24, 2.45) is 10.7 Å². The van der Waals surface area contributed by atoms with Gasteiger partial charge in [-0.25, -0.2) is 14.9 Å². The number of amides is 3. The van der Waals surface area contributed by atoms with Crippen LogP contribution in [0.5, 0.6) is 0 Å². The van der Waals surface area contributed by atoms with Gasteiger partial charge in [0, 0.05) is 49.3 Å². The molecule has 0 saturated carbocycles. The second kappa shape index (κ2) is 39.2. The zero-order valence-electron chi connectivity index (χ0n) is 43.3. The SMILES string of the molecule is CCCN(OCCNC(=O)OCCOCCOCCOCCOCCOCCOCCOCCOCCOCCOCCC(=O)OC(C)(C)C)C(=O)C1=Cc2ccc(C(=O)N3CCCCC3)cc2N=C(N)C1. The van der Waals surface area contributed by atoms with Gasteiger partial charge in [-0.3, -0.25) is 19.2 Å². The summed E-state index contributed by atoms with van der Waals surface area (Å²) in [5.74, 6) is -0.411. The van der Waals surface area contributed by atoms with Gasteiger partial charge in [-0.15, -0.1) is 0 Å². The number of fused-ring (bicyclic) bond motifs is 1. The zero-order valence-corrected chi connectivity index (χ0v) is 43.3. The van der Waals surface area contributed by atoms with Gasteiger partial charge < -0.3 is 72.8 Å². The number of likely N-dealkylation sites (tertiary alicyclic amines) is 1. The number of carbonyl (C=O) groups excluding carboxylic acids is 4. The van der Waals surface area contributed by atoms with E-state index >= 15 is 0 Å². The third-order valence-corrected chi connectivity index (χ3v) is 10.1. The Balaban J connectivity index is 1.04. The normalized spacial score (nSPS) is 13.8. The van der Waals surface area contributed by atoms with E-state index in [-0.39, 0.29) is 62.8 Å². The summed E-state index contributed by atoms with van der Waals surface area (Å²) >= 11 is 0. The first-order valence-corrected chi connectivity index (χ1v) is 25.3. The molecular formula is C50H83N5O17. The number of rotatable bonds is 41. The lowest BCUT2D eigenvalue weighted by atomic mass is 10.0. The van der Waals surface area contributed by atoms with Crippen LogP contribution in [0.4, 0.5) is 10.5 Å². The second-order valence-corrected chi connectivity index (χ2v) is 17.3. The molecule has 72 heavy (non-hydrogen) atoms. The lowest BCUT2D eigenvalue weighted by Crippen LogP contribution is -2.37. The summed E-state index contributed by atoms with van der Waals surface area (Å²) in [5, 5.41) is 3.87. The molecule has 0 unspecified atom stereocenters. The Kier molecular flexibility index (Phi) is 33.7. The minimum Gasteiger partial charge on any atom is -0.460 e. The first-order chi connectivity index (χ1) is 35.0. The van der Waals surface area contributed by atoms with Gasteiger partial charge in [-0.2, -0.15) is 0 Å². The first kappa shape index (κ1) is 62.0. The molecule has 0 bridgehead atoms. The average Bonchev–Trinajstić information content (AvgIpc) is 3.53. The minimum atomic E-state index is -0.636. The van der Waals surface area contributed by atoms with Crippen LogP contribution in [0.2, 0.25) is 0 Å². The van der Waals surface area contributed by atoms with Gasteiger partial charge in [-0.05, 0) is 64.7 Å². The van der Waals surface area contributed by atoms with Crippen molar-refractivity contribution < 1.29 is 80.9 Å². The lowest BCUT2D eigenvalue weighted by Gasteiger charge is -2.26. The first-order valence-electron chi connectivity index (χ1n) is 25.3. The van der Waals surface area contributed by atoms with Gasteiger partial charge in [0.15, 0.2) is 0 Å². The van der Waals surface area contributed by atoms with Crippen molar-refractivity contribution in [1.82, 2.24) is 15.3 Å². The van der Waals surface area contributed by atoms with Crippen molar-refractivity contribution >= 4 is 41.5 Å². The number of nitrogens with zero attached hydrogens (tertiary/aromatic N) is 3. The molecular weight excluding hydrogens is 943 g/mol. The molecule has 3 N–H and O–H groups in total. The molecule has 1 aromatic carbocycles. The molecule has 1 fully saturated rings. The smallest absolute Gasteiger partial charge is 0.407 e. The Morgan fingerprint density at radius 3 is 1.60 bits per heavy atom. The molecule has 22 heteroatoms. The largest absolute Gasteiger partial charge is 0.460 e. The molecule has 3 rings (SSSR count). The molecule has 0 radical (unpaired) electrons. The van der Waals surface area contributed by atoms with E-state index in [2.05, 4.69) is 10.3 Å². The summed E-state index contributed by atoms with van der Waals surface area (Å²) in [7, 11) is 0. The second-order valence-electron chi connectivity index (χ2n) is 17.3. The maximum Gasteiger partial charge on any atom is 0.407 e. The molecule has 22 nitrogen and oxygen atoms in total. The summed E-state index contributed by atoms with van der Waals surface area (Å²) in [5.41, 5.74) is 7.91. The quantitative estimate of drug-likeness (QED) is 0.0537. The molecule has 3 amide bonds. The molecule has 1 saturated heterocycles. The van der Waals surface area contributed by atoms with Crippen molar-refractivity contribution in [3.05, 3.63) is 34.9 Å². The van der Waals surface area contributed by atoms with Gasteiger partial charge in [-0.1, -0.05) is 13.0 Å². The monoisotopic (exact) mass is 1030 g/mol. The summed E-state index contributed by atoms with van der Waals surface area (Å²) in [6.45, 7) is 17.7. The van der Waals surface area contributed by atoms with E-state index in [4.69, 9.17) is 67.4 Å². The molecule has 0 spiro atoms. The van der Waals surface area contributed by atoms with Crippen LogP contribution in [-0.4, -0.2) is 217 Å². The Morgan fingerprint density at radius 1 is 0.653 bits per heavy atom. The molecule has 0 aliphatic carbocycles. The van der Waals surface area contributed by atoms with E-state index in [0.29, 0.717) is 161 Å². The van der Waals surface area contributed by atoms with Gasteiger partial charge >= 0.3 is 12.1 Å². The number of carbonyl (C=O) groups is 4. The number of aliphatic imine (C=N–C) groups is 1. The number of esters is 1. The van der Waals surface area contributed by atoms with E-state index in [1.54, 1.807) is 24.3 Å². The number of hydroxylamine groups is 2. The Hall–Kier alpha value is -4.33. The van der Waals surface area contributed by atoms with Crippen molar-refractivity contribution in [2.75, 3.05) is 172 Å². The summed E-state index contributed by atoms with van der Waals surface area (Å²) < 4.78 is 65.1. The average molecular weight is 1030 g/mol. The van der Waals surface area contributed by atoms with E-state index in [9.17, 15) is 19.2 Å². The number of nitrogens with two attached hydrogens (primary N) is 1. The highest BCUT2D eigenvalue weighted by molar-refractivity contribution is 6.05. The number of hydrogen-bond acceptors (Lipinski definition) is 19. The number of alkyl carbamates (subject to hydrolysis) is 1. The third-order valence-electron chi connectivity index (χ3n) is 10.1. The van der Waals surface area contributed by atoms with Crippen LogP contribution >= 0.6 is 0 Å². The maximum atomic E-state index is 13.6. The molecule has 2 aliphatic rings. The number of hydrogen-bond donors (Lipinski definition) is 2. The highest BCUT2D eigenvalue weighted by Gasteiger charge is 2.24. The Bertz CT molecular complexity index is 1720. The fraction of sp³-hybridized carbons (Fsp3) is 0.740. The fourth-order valence-electron chi connectivity index (χ4n) is 6.71. The maximum absolute atomic E-state index is 13.6. The third kappa shape index (κ3) is 30.0. The number of ether oxygens (including phenoxy) is 12. The minimum absolute atomic E-state index is 0.0309. The molecule has 410 valence electrons. The van der Waals surface area contributed by atoms with Gasteiger partial charge in [0.1, 0.15) is 18.0 Å². The topological polar surface area (TPSA) is 245 Å². The Morgan fingerprint density at radius 2 is 1.12 bits per heavy atom. The number of nitrogens with one attached hydrogen (secondary N) is 1. The predicted octanol–water partition coefficient (Wildman–Crippen LogP) is 3.88. The van der Waals surface area contributed by atoms with E-state index in [0.717, 1.165) is 32.4 Å². The lowest BCUT2D eigenvalue weighted by molar-refractivity contribution is -0.181. The van der Waals surface area contributed by atoms with Crippen LogP contribution in [0.1, 0.15) is 82.1 Å². The van der Waals surface area contributed by atoms with Crippen molar-refractivity contribution in [2.45, 2.75) is 71.8 Å². The van der Waals surface area contributed by atoms with Crippen LogP contribution < -0.4 is 11.1 Å². The van der Waals surface area contributed by atoms with E-state index in [1.165, 1.54) is 5.06 Å². The van der Waals surface area contributed by atoms with Crippen LogP contribution in [0.25, 0.3) is 6.08 Å². The highest BCUT2D eigenvalue weighted by Crippen LogP contribution is 2.29. The van der Waals surface area contributed by atoms with Crippen LogP contribution in [-0.2, 0) is 71.3 Å². The highest BCUT2D eigenvalue weighted by atomic mass is 16.7. The number of amidine groups is 1. The number of piperidine rings is 1. The van der Waals surface area contributed by atoms with Crippen LogP contribution in [0, 0.1) is 0 Å².